The van der Waals surface area contributed by atoms with E-state index in [0.717, 1.165) is 6.07 Å². The Kier molecular flexibility index (Phi) is 2.76. The predicted octanol–water partition coefficient (Wildman–Crippen LogP) is 1.86. The van der Waals surface area contributed by atoms with E-state index in [-0.39, 0.29) is 0 Å². The third kappa shape index (κ3) is 1.63. The van der Waals surface area contributed by atoms with Gasteiger partial charge in [-0.3, -0.25) is 4.21 Å². The van der Waals surface area contributed by atoms with Gasteiger partial charge in [-0.15, -0.1) is 0 Å². The molecule has 0 bridgehead atoms. The van der Waals surface area contributed by atoms with Gasteiger partial charge < -0.3 is 4.55 Å². The molecule has 1 aromatic rings. The zero-order valence-electron chi connectivity index (χ0n) is 5.51. The van der Waals surface area contributed by atoms with Crippen LogP contribution in [0.1, 0.15) is 0 Å². The third-order valence-corrected chi connectivity index (χ3v) is 2.38. The first-order chi connectivity index (χ1) is 5.54. The van der Waals surface area contributed by atoms with Gasteiger partial charge in [0.1, 0.15) is 11.6 Å². The van der Waals surface area contributed by atoms with Gasteiger partial charge in [0.25, 0.3) is 0 Å². The Morgan fingerprint density at radius 3 is 2.25 bits per heavy atom. The van der Waals surface area contributed by atoms with E-state index in [4.69, 9.17) is 11.6 Å². The lowest BCUT2D eigenvalue weighted by atomic mass is 10.3. The first kappa shape index (κ1) is 9.57. The normalized spacial score (nSPS) is 13.0. The Morgan fingerprint density at radius 2 is 1.83 bits per heavy atom. The minimum absolute atomic E-state index is 0.701. The maximum atomic E-state index is 12.6. The molecule has 0 saturated carbocycles. The molecule has 0 amide bonds. The number of halogens is 3. The van der Waals surface area contributed by atoms with Crippen molar-refractivity contribution in [3.05, 3.63) is 28.8 Å². The van der Waals surface area contributed by atoms with Crippen molar-refractivity contribution < 1.29 is 17.5 Å². The van der Waals surface area contributed by atoms with Gasteiger partial charge >= 0.3 is 0 Å². The second-order valence-electron chi connectivity index (χ2n) is 1.91. The molecule has 0 spiro atoms. The van der Waals surface area contributed by atoms with Gasteiger partial charge in [0.2, 0.25) is 0 Å². The van der Waals surface area contributed by atoms with E-state index in [2.05, 4.69) is 0 Å². The average molecular weight is 212 g/mol. The molecule has 0 aliphatic carbocycles. The van der Waals surface area contributed by atoms with E-state index >= 15 is 0 Å². The van der Waals surface area contributed by atoms with Crippen molar-refractivity contribution >= 4 is 22.7 Å². The standard InChI is InChI=1S/C6H3ClF2O2S/c7-5-3(8)1-2-4(9)6(5)12(10)11/h1-2H,(H,10,11)/p-1. The lowest BCUT2D eigenvalue weighted by Crippen LogP contribution is -1.96. The molecule has 2 nitrogen and oxygen atoms in total. The Hall–Kier alpha value is -0.520. The van der Waals surface area contributed by atoms with Crippen molar-refractivity contribution in [2.24, 2.45) is 0 Å². The fourth-order valence-corrected chi connectivity index (χ4v) is 1.47. The largest absolute Gasteiger partial charge is 0.768 e. The summed E-state index contributed by atoms with van der Waals surface area (Å²) in [6.45, 7) is 0. The molecule has 0 heterocycles. The van der Waals surface area contributed by atoms with E-state index in [1.807, 2.05) is 0 Å². The predicted molar refractivity (Wildman–Crippen MR) is 38.6 cm³/mol. The van der Waals surface area contributed by atoms with Crippen molar-refractivity contribution in [1.82, 2.24) is 0 Å². The molecule has 66 valence electrons. The fraction of sp³-hybridized carbons (Fsp3) is 0. The SMILES string of the molecule is O=S([O-])c1c(F)ccc(F)c1Cl. The van der Waals surface area contributed by atoms with Crippen LogP contribution in [0.3, 0.4) is 0 Å². The molecule has 0 saturated heterocycles. The summed E-state index contributed by atoms with van der Waals surface area (Å²) < 4.78 is 45.8. The molecular formula is C6H2ClF2O2S-. The lowest BCUT2D eigenvalue weighted by molar-refractivity contribution is 0.518. The van der Waals surface area contributed by atoms with Crippen LogP contribution in [0, 0.1) is 11.6 Å². The van der Waals surface area contributed by atoms with E-state index in [0.29, 0.717) is 6.07 Å². The fourth-order valence-electron chi connectivity index (χ4n) is 0.661. The highest BCUT2D eigenvalue weighted by Gasteiger charge is 2.11. The molecule has 0 aliphatic rings. The molecule has 0 aliphatic heterocycles. The molecule has 1 aromatic carbocycles. The topological polar surface area (TPSA) is 40.1 Å². The Balaban J connectivity index is 3.43. The third-order valence-electron chi connectivity index (χ3n) is 1.17. The average Bonchev–Trinajstić information content (AvgIpc) is 1.97. The number of rotatable bonds is 1. The molecule has 1 atom stereocenters. The molecule has 0 fully saturated rings. The quantitative estimate of drug-likeness (QED) is 0.526. The van der Waals surface area contributed by atoms with E-state index in [1.54, 1.807) is 0 Å². The molecule has 0 radical (unpaired) electrons. The minimum atomic E-state index is -2.86. The van der Waals surface area contributed by atoms with Gasteiger partial charge in [-0.25, -0.2) is 8.78 Å². The second kappa shape index (κ2) is 3.47. The van der Waals surface area contributed by atoms with Crippen LogP contribution in [0.5, 0.6) is 0 Å². The summed E-state index contributed by atoms with van der Waals surface area (Å²) in [5.41, 5.74) is 0. The van der Waals surface area contributed by atoms with Gasteiger partial charge in [-0.2, -0.15) is 0 Å². The summed E-state index contributed by atoms with van der Waals surface area (Å²) in [7, 11) is 0. The first-order valence-corrected chi connectivity index (χ1v) is 4.22. The smallest absolute Gasteiger partial charge is 0.143 e. The maximum absolute atomic E-state index is 12.6. The van der Waals surface area contributed by atoms with Crippen molar-refractivity contribution in [2.45, 2.75) is 4.90 Å². The van der Waals surface area contributed by atoms with E-state index in [1.165, 1.54) is 0 Å². The molecule has 0 aromatic heterocycles. The Morgan fingerprint density at radius 1 is 1.33 bits per heavy atom. The first-order valence-electron chi connectivity index (χ1n) is 2.77. The van der Waals surface area contributed by atoms with Gasteiger partial charge in [-0.05, 0) is 23.2 Å². The zero-order chi connectivity index (χ0) is 9.30. The van der Waals surface area contributed by atoms with Gasteiger partial charge in [0.15, 0.2) is 0 Å². The van der Waals surface area contributed by atoms with Crippen LogP contribution in [0.15, 0.2) is 17.0 Å². The van der Waals surface area contributed by atoms with Crippen molar-refractivity contribution in [2.75, 3.05) is 0 Å². The number of hydrogen-bond acceptors (Lipinski definition) is 2. The summed E-state index contributed by atoms with van der Waals surface area (Å²) >= 11 is 2.33. The molecule has 1 rings (SSSR count). The van der Waals surface area contributed by atoms with Crippen LogP contribution in [0.4, 0.5) is 8.78 Å². The second-order valence-corrected chi connectivity index (χ2v) is 3.16. The zero-order valence-corrected chi connectivity index (χ0v) is 7.09. The molecule has 1 unspecified atom stereocenters. The van der Waals surface area contributed by atoms with Gasteiger partial charge in [0, 0.05) is 0 Å². The highest BCUT2D eigenvalue weighted by Crippen LogP contribution is 2.24. The summed E-state index contributed by atoms with van der Waals surface area (Å²) in [4.78, 5) is -0.836. The molecule has 6 heteroatoms. The van der Waals surface area contributed by atoms with Gasteiger partial charge in [0.05, 0.1) is 9.92 Å². The van der Waals surface area contributed by atoms with Crippen LogP contribution >= 0.6 is 11.6 Å². The van der Waals surface area contributed by atoms with E-state index < -0.39 is 32.6 Å². The monoisotopic (exact) mass is 211 g/mol. The van der Waals surface area contributed by atoms with Gasteiger partial charge in [-0.1, -0.05) is 11.6 Å². The molecule has 12 heavy (non-hydrogen) atoms. The highest BCUT2D eigenvalue weighted by molar-refractivity contribution is 7.79. The van der Waals surface area contributed by atoms with Crippen molar-refractivity contribution in [1.29, 1.82) is 0 Å². The van der Waals surface area contributed by atoms with Crippen LogP contribution in [0.2, 0.25) is 5.02 Å². The summed E-state index contributed by atoms with van der Waals surface area (Å²) in [5.74, 6) is -2.02. The van der Waals surface area contributed by atoms with Crippen molar-refractivity contribution in [3.8, 4) is 0 Å². The number of benzene rings is 1. The molecule has 0 N–H and O–H groups in total. The summed E-state index contributed by atoms with van der Waals surface area (Å²) in [6.07, 6.45) is 0. The summed E-state index contributed by atoms with van der Waals surface area (Å²) in [6, 6.07) is 1.46. The number of hydrogen-bond donors (Lipinski definition) is 0. The molecular weight excluding hydrogens is 210 g/mol. The minimum Gasteiger partial charge on any atom is -0.768 e. The van der Waals surface area contributed by atoms with Crippen LogP contribution < -0.4 is 0 Å². The van der Waals surface area contributed by atoms with Crippen LogP contribution in [-0.4, -0.2) is 8.76 Å². The van der Waals surface area contributed by atoms with E-state index in [9.17, 15) is 17.5 Å². The lowest BCUT2D eigenvalue weighted by Gasteiger charge is -2.08. The maximum Gasteiger partial charge on any atom is 0.143 e. The van der Waals surface area contributed by atoms with Crippen LogP contribution in [-0.2, 0) is 11.1 Å². The van der Waals surface area contributed by atoms with Crippen LogP contribution in [0.25, 0.3) is 0 Å². The Labute approximate surface area is 74.4 Å². The Bertz CT molecular complexity index is 343. The summed E-state index contributed by atoms with van der Waals surface area (Å²) in [5, 5.41) is -0.719. The van der Waals surface area contributed by atoms with Crippen molar-refractivity contribution in [3.63, 3.8) is 0 Å². The highest BCUT2D eigenvalue weighted by atomic mass is 35.5.